The molecule has 2 fully saturated rings. The molecule has 2 bridgehead atoms. The third-order valence-corrected chi connectivity index (χ3v) is 4.91. The zero-order chi connectivity index (χ0) is 15.7. The fourth-order valence-corrected chi connectivity index (χ4v) is 3.96. The van der Waals surface area contributed by atoms with Crippen molar-refractivity contribution >= 4 is 30.3 Å². The second kappa shape index (κ2) is 6.56. The van der Waals surface area contributed by atoms with E-state index in [4.69, 9.17) is 11.6 Å². The van der Waals surface area contributed by atoms with Gasteiger partial charge in [0.15, 0.2) is 5.78 Å². The van der Waals surface area contributed by atoms with Gasteiger partial charge < -0.3 is 15.2 Å². The summed E-state index contributed by atoms with van der Waals surface area (Å²) < 4.78 is 0. The van der Waals surface area contributed by atoms with Crippen molar-refractivity contribution in [3.63, 3.8) is 0 Å². The highest BCUT2D eigenvalue weighted by Crippen LogP contribution is 2.38. The summed E-state index contributed by atoms with van der Waals surface area (Å²) in [7, 11) is -0.463. The van der Waals surface area contributed by atoms with Crippen molar-refractivity contribution in [2.75, 3.05) is 10.8 Å². The Labute approximate surface area is 136 Å². The first kappa shape index (κ1) is 15.8. The molecule has 22 heavy (non-hydrogen) atoms. The lowest BCUT2D eigenvalue weighted by Gasteiger charge is -2.40. The van der Waals surface area contributed by atoms with Crippen LogP contribution in [0.25, 0.3) is 0 Å². The smallest absolute Gasteiger partial charge is 0.373 e. The fourth-order valence-electron chi connectivity index (χ4n) is 3.81. The predicted octanol–water partition coefficient (Wildman–Crippen LogP) is 1.70. The molecule has 3 heterocycles. The van der Waals surface area contributed by atoms with E-state index in [9.17, 15) is 9.82 Å². The molecule has 2 aliphatic rings. The van der Waals surface area contributed by atoms with E-state index >= 15 is 0 Å². The van der Waals surface area contributed by atoms with Crippen molar-refractivity contribution in [2.45, 2.75) is 50.6 Å². The summed E-state index contributed by atoms with van der Waals surface area (Å²) >= 11 is 5.57. The number of halogens is 1. The van der Waals surface area contributed by atoms with Gasteiger partial charge in [-0.05, 0) is 44.6 Å². The second-order valence-electron chi connectivity index (χ2n) is 6.27. The number of anilines is 1. The molecule has 2 saturated heterocycles. The zero-order valence-electron chi connectivity index (χ0n) is 12.7. The molecule has 5 nitrogen and oxygen atoms in total. The van der Waals surface area contributed by atoms with Gasteiger partial charge in [-0.3, -0.25) is 4.79 Å². The van der Waals surface area contributed by atoms with Crippen LogP contribution in [0, 0.1) is 0 Å². The molecule has 3 rings (SSSR count). The van der Waals surface area contributed by atoms with Gasteiger partial charge in [0, 0.05) is 29.9 Å². The summed E-state index contributed by atoms with van der Waals surface area (Å²) in [6.45, 7) is 1.77. The number of nitrogens with zero attached hydrogens (tertiary/aromatic N) is 2. The van der Waals surface area contributed by atoms with E-state index in [1.165, 1.54) is 0 Å². The highest BCUT2D eigenvalue weighted by Gasteiger charge is 2.41. The number of aromatic nitrogens is 1. The maximum absolute atomic E-state index is 11.6. The van der Waals surface area contributed by atoms with Gasteiger partial charge in [-0.2, -0.15) is 0 Å². The van der Waals surface area contributed by atoms with E-state index in [2.05, 4.69) is 15.1 Å². The normalized spacial score (nSPS) is 27.0. The maximum atomic E-state index is 11.6. The van der Waals surface area contributed by atoms with Crippen LogP contribution in [0.15, 0.2) is 18.3 Å². The lowest BCUT2D eigenvalue weighted by Crippen LogP contribution is -2.52. The van der Waals surface area contributed by atoms with E-state index < -0.39 is 7.05 Å². The summed E-state index contributed by atoms with van der Waals surface area (Å²) in [4.78, 5) is 18.4. The number of pyridine rings is 1. The summed E-state index contributed by atoms with van der Waals surface area (Å²) in [5, 5.41) is 12.7. The van der Waals surface area contributed by atoms with Crippen molar-refractivity contribution in [1.82, 2.24) is 10.2 Å². The van der Waals surface area contributed by atoms with Crippen molar-refractivity contribution in [2.24, 2.45) is 0 Å². The Hall–Kier alpha value is -1.11. The van der Waals surface area contributed by atoms with Gasteiger partial charge in [0.2, 0.25) is 0 Å². The first-order valence-electron chi connectivity index (χ1n) is 7.86. The highest BCUT2D eigenvalue weighted by atomic mass is 35.5. The molecule has 0 aliphatic carbocycles. The molecule has 0 radical (unpaired) electrons. The average molecular weight is 322 g/mol. The molecular formula is C15H21BClN3O2. The van der Waals surface area contributed by atoms with Gasteiger partial charge in [-0.15, -0.1) is 11.6 Å². The third-order valence-electron chi connectivity index (χ3n) is 4.67. The van der Waals surface area contributed by atoms with Gasteiger partial charge in [-0.25, -0.2) is 4.98 Å². The molecule has 118 valence electrons. The average Bonchev–Trinajstić information content (AvgIpc) is 2.77. The number of ketones is 1. The molecule has 7 heteroatoms. The minimum absolute atomic E-state index is 0.0112. The van der Waals surface area contributed by atoms with Crippen LogP contribution in [0.5, 0.6) is 0 Å². The minimum atomic E-state index is -0.463. The van der Waals surface area contributed by atoms with E-state index in [1.54, 1.807) is 13.0 Å². The first-order valence-corrected chi connectivity index (χ1v) is 8.39. The third kappa shape index (κ3) is 3.14. The van der Waals surface area contributed by atoms with E-state index in [0.717, 1.165) is 31.5 Å². The van der Waals surface area contributed by atoms with Crippen molar-refractivity contribution in [3.8, 4) is 0 Å². The molecule has 0 saturated carbocycles. The van der Waals surface area contributed by atoms with E-state index in [-0.39, 0.29) is 11.7 Å². The highest BCUT2D eigenvalue weighted by molar-refractivity contribution is 6.45. The van der Waals surface area contributed by atoms with Gasteiger partial charge in [-0.1, -0.05) is 0 Å². The fraction of sp³-hybridized carbons (Fsp3) is 0.600. The number of fused-ring (bicyclic) bond motifs is 2. The monoisotopic (exact) mass is 321 g/mol. The van der Waals surface area contributed by atoms with Crippen LogP contribution in [0.2, 0.25) is 6.82 Å². The van der Waals surface area contributed by atoms with Crippen LogP contribution in [0.4, 0.5) is 5.82 Å². The number of piperidine rings is 1. The molecule has 0 spiro atoms. The van der Waals surface area contributed by atoms with Crippen LogP contribution in [-0.4, -0.2) is 46.8 Å². The Kier molecular flexibility index (Phi) is 4.71. The molecule has 0 amide bonds. The number of Topliss-reactive ketones (excluding diaryl/α,β-unsaturated/α-hetero) is 1. The van der Waals surface area contributed by atoms with Crippen molar-refractivity contribution in [1.29, 1.82) is 0 Å². The minimum Gasteiger partial charge on any atom is -0.437 e. The summed E-state index contributed by atoms with van der Waals surface area (Å²) in [6, 6.07) is 5.01. The van der Waals surface area contributed by atoms with Gasteiger partial charge in [0.25, 0.3) is 0 Å². The quantitative estimate of drug-likeness (QED) is 0.491. The van der Waals surface area contributed by atoms with E-state index in [0.29, 0.717) is 23.7 Å². The van der Waals surface area contributed by atoms with E-state index in [1.807, 2.05) is 12.1 Å². The Morgan fingerprint density at radius 1 is 1.45 bits per heavy atom. The van der Waals surface area contributed by atoms with Crippen molar-refractivity contribution in [3.05, 3.63) is 23.9 Å². The Balaban J connectivity index is 1.72. The maximum Gasteiger partial charge on any atom is 0.373 e. The van der Waals surface area contributed by atoms with Crippen LogP contribution in [0.3, 0.4) is 0 Å². The Bertz CT molecular complexity index is 526. The first-order chi connectivity index (χ1) is 10.6. The predicted molar refractivity (Wildman–Crippen MR) is 88.6 cm³/mol. The number of nitrogens with one attached hydrogen (secondary N) is 1. The van der Waals surface area contributed by atoms with Crippen molar-refractivity contribution < 1.29 is 9.82 Å². The topological polar surface area (TPSA) is 65.5 Å². The SMILES string of the molecule is CB(O)NC1CC2CCC(C1)N2c1ccc(C(=O)CCl)cn1. The largest absolute Gasteiger partial charge is 0.437 e. The van der Waals surface area contributed by atoms with Gasteiger partial charge in [0.1, 0.15) is 5.82 Å². The molecular weight excluding hydrogens is 300 g/mol. The standard InChI is InChI=1S/C15H21BClN3O2/c1-16(22)19-11-6-12-3-4-13(7-11)20(12)15-5-2-10(9-18-15)14(21)8-17/h2,5,9,11-13,19,22H,3-4,6-8H2,1H3. The van der Waals surface area contributed by atoms with Gasteiger partial charge >= 0.3 is 7.05 Å². The molecule has 1 aromatic rings. The number of alkyl halides is 1. The molecule has 2 N–H and O–H groups in total. The Morgan fingerprint density at radius 3 is 2.64 bits per heavy atom. The number of rotatable bonds is 5. The number of carbonyl (C=O) groups excluding carboxylic acids is 1. The van der Waals surface area contributed by atoms with Crippen LogP contribution >= 0.6 is 11.6 Å². The zero-order valence-corrected chi connectivity index (χ0v) is 13.5. The molecule has 2 atom stereocenters. The van der Waals surface area contributed by atoms with Gasteiger partial charge in [0.05, 0.1) is 5.88 Å². The number of hydrogen-bond donors (Lipinski definition) is 2. The van der Waals surface area contributed by atoms with Crippen LogP contribution in [-0.2, 0) is 0 Å². The summed E-state index contributed by atoms with van der Waals surface area (Å²) in [6.07, 6.45) is 5.98. The molecule has 2 aliphatic heterocycles. The van der Waals surface area contributed by atoms with Crippen LogP contribution in [0.1, 0.15) is 36.0 Å². The van der Waals surface area contributed by atoms with Crippen LogP contribution < -0.4 is 10.1 Å². The second-order valence-corrected chi connectivity index (χ2v) is 6.53. The lowest BCUT2D eigenvalue weighted by molar-refractivity contribution is 0.102. The molecule has 0 aromatic carbocycles. The number of hydrogen-bond acceptors (Lipinski definition) is 5. The lowest BCUT2D eigenvalue weighted by atomic mass is 9.84. The Morgan fingerprint density at radius 2 is 2.14 bits per heavy atom. The number of carbonyl (C=O) groups is 1. The summed E-state index contributed by atoms with van der Waals surface area (Å²) in [5.41, 5.74) is 0.566. The molecule has 1 aromatic heterocycles. The molecule has 2 unspecified atom stereocenters. The summed E-state index contributed by atoms with van der Waals surface area (Å²) in [5.74, 6) is 0.834.